The minimum atomic E-state index is -2.83. The quantitative estimate of drug-likeness (QED) is 0.551. The molecule has 1 saturated carbocycles. The summed E-state index contributed by atoms with van der Waals surface area (Å²) >= 11 is 0. The monoisotopic (exact) mass is 436 g/mol. The number of nitrogens with two attached hydrogens (primary N) is 1. The van der Waals surface area contributed by atoms with Crippen LogP contribution in [-0.4, -0.2) is 23.6 Å². The molecule has 2 aromatic carbocycles. The Labute approximate surface area is 187 Å². The smallest absolute Gasteiger partial charge is 0.275 e. The van der Waals surface area contributed by atoms with E-state index in [-0.39, 0.29) is 18.5 Å². The summed E-state index contributed by atoms with van der Waals surface area (Å²) in [5.74, 6) is -2.09. The first-order chi connectivity index (χ1) is 15.4. The first kappa shape index (κ1) is 21.1. The SMILES string of the molecule is Cc1ccc2nc(N3CCC(F)(F)c4ccccc4C3)cc(NC3CCC(N)CC3)c2c1. The normalized spacial score (nSPS) is 22.9. The molecule has 0 unspecified atom stereocenters. The summed E-state index contributed by atoms with van der Waals surface area (Å²) in [4.78, 5) is 6.88. The molecule has 0 bridgehead atoms. The first-order valence-corrected chi connectivity index (χ1v) is 11.5. The molecule has 0 saturated heterocycles. The van der Waals surface area contributed by atoms with Gasteiger partial charge in [0.05, 0.1) is 5.52 Å². The van der Waals surface area contributed by atoms with Gasteiger partial charge in [-0.15, -0.1) is 0 Å². The fourth-order valence-corrected chi connectivity index (χ4v) is 5.00. The van der Waals surface area contributed by atoms with Crippen LogP contribution >= 0.6 is 0 Å². The molecule has 3 aromatic rings. The second-order valence-electron chi connectivity index (χ2n) is 9.34. The highest BCUT2D eigenvalue weighted by Crippen LogP contribution is 2.39. The van der Waals surface area contributed by atoms with Crippen LogP contribution in [0.15, 0.2) is 48.5 Å². The summed E-state index contributed by atoms with van der Waals surface area (Å²) in [6, 6.07) is 15.8. The number of fused-ring (bicyclic) bond motifs is 2. The van der Waals surface area contributed by atoms with Gasteiger partial charge in [-0.05, 0) is 50.3 Å². The second kappa shape index (κ2) is 8.32. The van der Waals surface area contributed by atoms with Gasteiger partial charge in [-0.25, -0.2) is 13.8 Å². The Morgan fingerprint density at radius 1 is 1.06 bits per heavy atom. The Hall–Kier alpha value is -2.73. The Morgan fingerprint density at radius 2 is 1.84 bits per heavy atom. The van der Waals surface area contributed by atoms with Crippen LogP contribution in [0.3, 0.4) is 0 Å². The number of hydrogen-bond donors (Lipinski definition) is 2. The third kappa shape index (κ3) is 4.16. The van der Waals surface area contributed by atoms with Crippen molar-refractivity contribution in [3.63, 3.8) is 0 Å². The fraction of sp³-hybridized carbons (Fsp3) is 0.423. The lowest BCUT2D eigenvalue weighted by Crippen LogP contribution is -2.33. The highest BCUT2D eigenvalue weighted by Gasteiger charge is 2.37. The average Bonchev–Trinajstić information content (AvgIpc) is 2.91. The lowest BCUT2D eigenvalue weighted by Gasteiger charge is -2.29. The maximum Gasteiger partial charge on any atom is 0.275 e. The predicted octanol–water partition coefficient (Wildman–Crippen LogP) is 5.73. The van der Waals surface area contributed by atoms with Crippen molar-refractivity contribution in [1.82, 2.24) is 4.98 Å². The Kier molecular flexibility index (Phi) is 5.49. The van der Waals surface area contributed by atoms with Gasteiger partial charge >= 0.3 is 0 Å². The Morgan fingerprint density at radius 3 is 2.66 bits per heavy atom. The van der Waals surface area contributed by atoms with Crippen LogP contribution in [-0.2, 0) is 12.5 Å². The number of anilines is 2. The number of benzene rings is 2. The first-order valence-electron chi connectivity index (χ1n) is 11.5. The molecule has 2 heterocycles. The van der Waals surface area contributed by atoms with E-state index >= 15 is 0 Å². The Bertz CT molecular complexity index is 1120. The zero-order chi connectivity index (χ0) is 22.3. The molecule has 1 fully saturated rings. The van der Waals surface area contributed by atoms with E-state index in [4.69, 9.17) is 10.7 Å². The van der Waals surface area contributed by atoms with Crippen LogP contribution in [0.5, 0.6) is 0 Å². The van der Waals surface area contributed by atoms with Gasteiger partial charge < -0.3 is 16.0 Å². The summed E-state index contributed by atoms with van der Waals surface area (Å²) in [6.07, 6.45) is 3.89. The lowest BCUT2D eigenvalue weighted by atomic mass is 9.91. The maximum absolute atomic E-state index is 14.8. The fourth-order valence-electron chi connectivity index (χ4n) is 5.00. The van der Waals surface area contributed by atoms with Gasteiger partial charge in [0.15, 0.2) is 0 Å². The molecular weight excluding hydrogens is 406 g/mol. The van der Waals surface area contributed by atoms with Crippen LogP contribution in [0.2, 0.25) is 0 Å². The molecule has 32 heavy (non-hydrogen) atoms. The molecule has 1 aliphatic heterocycles. The number of hydrogen-bond acceptors (Lipinski definition) is 4. The topological polar surface area (TPSA) is 54.2 Å². The molecule has 1 aliphatic carbocycles. The molecule has 1 aromatic heterocycles. The van der Waals surface area contributed by atoms with Crippen molar-refractivity contribution in [2.24, 2.45) is 5.73 Å². The van der Waals surface area contributed by atoms with Crippen LogP contribution < -0.4 is 16.0 Å². The minimum absolute atomic E-state index is 0.135. The van der Waals surface area contributed by atoms with E-state index in [1.165, 1.54) is 5.56 Å². The second-order valence-corrected chi connectivity index (χ2v) is 9.34. The highest BCUT2D eigenvalue weighted by molar-refractivity contribution is 5.93. The molecule has 168 valence electrons. The molecular formula is C26H30F2N4. The third-order valence-corrected chi connectivity index (χ3v) is 6.87. The molecule has 4 nitrogen and oxygen atoms in total. The largest absolute Gasteiger partial charge is 0.382 e. The van der Waals surface area contributed by atoms with E-state index in [1.807, 2.05) is 29.2 Å². The van der Waals surface area contributed by atoms with E-state index in [1.54, 1.807) is 18.2 Å². The molecule has 5 rings (SSSR count). The van der Waals surface area contributed by atoms with E-state index in [2.05, 4.69) is 18.3 Å². The van der Waals surface area contributed by atoms with E-state index in [0.29, 0.717) is 24.2 Å². The summed E-state index contributed by atoms with van der Waals surface area (Å²) < 4.78 is 29.6. The van der Waals surface area contributed by atoms with Crippen molar-refractivity contribution in [2.45, 2.75) is 63.6 Å². The van der Waals surface area contributed by atoms with Gasteiger partial charge in [-0.3, -0.25) is 0 Å². The van der Waals surface area contributed by atoms with Crippen molar-refractivity contribution < 1.29 is 8.78 Å². The van der Waals surface area contributed by atoms with Crippen molar-refractivity contribution in [1.29, 1.82) is 0 Å². The number of aromatic nitrogens is 1. The van der Waals surface area contributed by atoms with Gasteiger partial charge in [-0.2, -0.15) is 0 Å². The van der Waals surface area contributed by atoms with Crippen molar-refractivity contribution in [3.8, 4) is 0 Å². The van der Waals surface area contributed by atoms with Crippen LogP contribution in [0.4, 0.5) is 20.3 Å². The molecule has 0 amide bonds. The third-order valence-electron chi connectivity index (χ3n) is 6.87. The summed E-state index contributed by atoms with van der Waals surface area (Å²) in [5, 5.41) is 4.81. The zero-order valence-electron chi connectivity index (χ0n) is 18.5. The van der Waals surface area contributed by atoms with E-state index in [0.717, 1.165) is 48.1 Å². The van der Waals surface area contributed by atoms with Crippen LogP contribution in [0.1, 0.15) is 48.8 Å². The molecule has 3 N–H and O–H groups in total. The molecule has 2 aliphatic rings. The maximum atomic E-state index is 14.8. The summed E-state index contributed by atoms with van der Waals surface area (Å²) in [5.41, 5.74) is 9.97. The molecule has 0 radical (unpaired) electrons. The minimum Gasteiger partial charge on any atom is -0.382 e. The number of alkyl halides is 2. The molecule has 0 atom stereocenters. The number of pyridine rings is 1. The molecule has 0 spiro atoms. The number of halogens is 2. The van der Waals surface area contributed by atoms with Crippen molar-refractivity contribution in [3.05, 3.63) is 65.2 Å². The van der Waals surface area contributed by atoms with E-state index in [9.17, 15) is 8.78 Å². The van der Waals surface area contributed by atoms with Gasteiger partial charge in [0.2, 0.25) is 0 Å². The number of aryl methyl sites for hydroxylation is 1. The van der Waals surface area contributed by atoms with Gasteiger partial charge in [0, 0.05) is 54.3 Å². The zero-order valence-corrected chi connectivity index (χ0v) is 18.5. The number of rotatable bonds is 3. The van der Waals surface area contributed by atoms with E-state index < -0.39 is 5.92 Å². The van der Waals surface area contributed by atoms with Gasteiger partial charge in [0.1, 0.15) is 5.82 Å². The van der Waals surface area contributed by atoms with Gasteiger partial charge in [0.25, 0.3) is 5.92 Å². The predicted molar refractivity (Wildman–Crippen MR) is 126 cm³/mol. The lowest BCUT2D eigenvalue weighted by molar-refractivity contribution is -0.00967. The van der Waals surface area contributed by atoms with Gasteiger partial charge in [-0.1, -0.05) is 35.9 Å². The average molecular weight is 437 g/mol. The highest BCUT2D eigenvalue weighted by atomic mass is 19.3. The number of nitrogens with zero attached hydrogens (tertiary/aromatic N) is 2. The standard InChI is InChI=1S/C26H30F2N4/c1-17-6-11-23-21(14-17)24(30-20-9-7-19(29)8-10-20)15-25(31-23)32-13-12-26(27,28)22-5-3-2-4-18(22)16-32/h2-6,11,14-15,19-20H,7-10,12-13,16,29H2,1H3,(H,30,31). The summed E-state index contributed by atoms with van der Waals surface area (Å²) in [7, 11) is 0. The Balaban J connectivity index is 1.52. The molecule has 6 heteroatoms. The number of nitrogens with one attached hydrogen (secondary N) is 1. The van der Waals surface area contributed by atoms with Crippen LogP contribution in [0, 0.1) is 6.92 Å². The van der Waals surface area contributed by atoms with Crippen LogP contribution in [0.25, 0.3) is 10.9 Å². The van der Waals surface area contributed by atoms with Crippen molar-refractivity contribution in [2.75, 3.05) is 16.8 Å². The van der Waals surface area contributed by atoms with Crippen molar-refractivity contribution >= 4 is 22.4 Å². The summed E-state index contributed by atoms with van der Waals surface area (Å²) in [6.45, 7) is 2.75.